The maximum Gasteiger partial charge on any atom is 0.0608 e. The van der Waals surface area contributed by atoms with Crippen molar-refractivity contribution in [2.24, 2.45) is 0 Å². The molecule has 0 aromatic carbocycles. The number of nitrogens with one attached hydrogen (secondary N) is 1. The summed E-state index contributed by atoms with van der Waals surface area (Å²) in [5, 5.41) is 13.0. The minimum atomic E-state index is -0.606. The molecule has 4 nitrogen and oxygen atoms in total. The molecule has 1 heterocycles. The number of rotatable bonds is 8. The van der Waals surface area contributed by atoms with E-state index in [1.54, 1.807) is 7.11 Å². The molecule has 4 heteroatoms. The van der Waals surface area contributed by atoms with Gasteiger partial charge in [-0.05, 0) is 32.4 Å². The summed E-state index contributed by atoms with van der Waals surface area (Å²) in [5.41, 5.74) is 0.635. The fraction of sp³-hybridized carbons (Fsp3) is 0.692. The van der Waals surface area contributed by atoms with Crippen LogP contribution in [0, 0.1) is 0 Å². The Kier molecular flexibility index (Phi) is 5.68. The van der Waals surface area contributed by atoms with Crippen LogP contribution in [0.5, 0.6) is 0 Å². The topological polar surface area (TPSA) is 46.4 Å². The van der Waals surface area contributed by atoms with E-state index in [2.05, 4.69) is 22.1 Å². The number of aromatic nitrogens is 1. The van der Waals surface area contributed by atoms with Crippen molar-refractivity contribution in [2.45, 2.75) is 39.0 Å². The average Bonchev–Trinajstić information content (AvgIpc) is 2.68. The summed E-state index contributed by atoms with van der Waals surface area (Å²) in [7, 11) is 1.70. The first-order chi connectivity index (χ1) is 8.03. The molecule has 0 atom stereocenters. The summed E-state index contributed by atoms with van der Waals surface area (Å²) in [6, 6.07) is 4.14. The Hall–Kier alpha value is -0.840. The zero-order valence-electron chi connectivity index (χ0n) is 11.1. The Morgan fingerprint density at radius 2 is 2.24 bits per heavy atom. The largest absolute Gasteiger partial charge is 0.390 e. The maximum absolute atomic E-state index is 9.71. The van der Waals surface area contributed by atoms with Crippen LogP contribution in [0.25, 0.3) is 0 Å². The SMILES string of the molecule is COCCNCc1cccn1CCC(C)(C)O. The van der Waals surface area contributed by atoms with Crippen LogP contribution in [0.3, 0.4) is 0 Å². The molecular formula is C13H24N2O2. The molecule has 0 aliphatic carbocycles. The van der Waals surface area contributed by atoms with Gasteiger partial charge in [0.25, 0.3) is 0 Å². The van der Waals surface area contributed by atoms with Crippen LogP contribution in [0.4, 0.5) is 0 Å². The van der Waals surface area contributed by atoms with E-state index >= 15 is 0 Å². The Labute approximate surface area is 104 Å². The minimum Gasteiger partial charge on any atom is -0.390 e. The van der Waals surface area contributed by atoms with Crippen molar-refractivity contribution >= 4 is 0 Å². The van der Waals surface area contributed by atoms with Crippen LogP contribution in [-0.2, 0) is 17.8 Å². The molecule has 98 valence electrons. The average molecular weight is 240 g/mol. The fourth-order valence-electron chi connectivity index (χ4n) is 1.61. The fourth-order valence-corrected chi connectivity index (χ4v) is 1.61. The molecule has 0 bridgehead atoms. The number of aliphatic hydroxyl groups is 1. The van der Waals surface area contributed by atoms with E-state index in [1.807, 2.05) is 19.9 Å². The lowest BCUT2D eigenvalue weighted by molar-refractivity contribution is 0.0660. The summed E-state index contributed by atoms with van der Waals surface area (Å²) in [4.78, 5) is 0. The highest BCUT2D eigenvalue weighted by molar-refractivity contribution is 5.07. The van der Waals surface area contributed by atoms with Crippen LogP contribution in [0.15, 0.2) is 18.3 Å². The number of methoxy groups -OCH3 is 1. The van der Waals surface area contributed by atoms with Gasteiger partial charge in [0.2, 0.25) is 0 Å². The van der Waals surface area contributed by atoms with E-state index in [-0.39, 0.29) is 0 Å². The van der Waals surface area contributed by atoms with Crippen molar-refractivity contribution in [1.82, 2.24) is 9.88 Å². The smallest absolute Gasteiger partial charge is 0.0608 e. The second-order valence-electron chi connectivity index (χ2n) is 4.92. The summed E-state index contributed by atoms with van der Waals surface area (Å²) < 4.78 is 7.16. The summed E-state index contributed by atoms with van der Waals surface area (Å²) >= 11 is 0. The van der Waals surface area contributed by atoms with Crippen molar-refractivity contribution in [3.8, 4) is 0 Å². The Morgan fingerprint density at radius 3 is 2.88 bits per heavy atom. The van der Waals surface area contributed by atoms with E-state index in [9.17, 15) is 5.11 Å². The van der Waals surface area contributed by atoms with Crippen LogP contribution in [-0.4, -0.2) is 35.5 Å². The third-order valence-electron chi connectivity index (χ3n) is 2.68. The quantitative estimate of drug-likeness (QED) is 0.675. The van der Waals surface area contributed by atoms with E-state index in [4.69, 9.17) is 4.74 Å². The molecule has 0 spiro atoms. The standard InChI is InChI=1S/C13H24N2O2/c1-13(2,16)6-9-15-8-4-5-12(15)11-14-7-10-17-3/h4-5,8,14,16H,6-7,9-11H2,1-3H3. The third kappa shape index (κ3) is 5.86. The van der Waals surface area contributed by atoms with Crippen molar-refractivity contribution in [1.29, 1.82) is 0 Å². The monoisotopic (exact) mass is 240 g/mol. The van der Waals surface area contributed by atoms with Crippen molar-refractivity contribution in [2.75, 3.05) is 20.3 Å². The zero-order chi connectivity index (χ0) is 12.7. The Bertz CT molecular complexity index is 315. The first kappa shape index (κ1) is 14.2. The number of ether oxygens (including phenoxy) is 1. The van der Waals surface area contributed by atoms with E-state index in [1.165, 1.54) is 5.69 Å². The van der Waals surface area contributed by atoms with Crippen LogP contribution >= 0.6 is 0 Å². The predicted molar refractivity (Wildman–Crippen MR) is 68.9 cm³/mol. The second-order valence-corrected chi connectivity index (χ2v) is 4.92. The molecule has 0 saturated carbocycles. The van der Waals surface area contributed by atoms with E-state index in [0.717, 1.165) is 32.7 Å². The van der Waals surface area contributed by atoms with Gasteiger partial charge in [-0.25, -0.2) is 0 Å². The summed E-state index contributed by atoms with van der Waals surface area (Å²) in [6.07, 6.45) is 2.81. The maximum atomic E-state index is 9.71. The number of nitrogens with zero attached hydrogens (tertiary/aromatic N) is 1. The van der Waals surface area contributed by atoms with Gasteiger partial charge in [-0.1, -0.05) is 0 Å². The summed E-state index contributed by atoms with van der Waals surface area (Å²) in [6.45, 7) is 6.94. The molecular weight excluding hydrogens is 216 g/mol. The number of hydrogen-bond acceptors (Lipinski definition) is 3. The van der Waals surface area contributed by atoms with Crippen LogP contribution in [0.1, 0.15) is 26.0 Å². The van der Waals surface area contributed by atoms with Gasteiger partial charge >= 0.3 is 0 Å². The molecule has 2 N–H and O–H groups in total. The van der Waals surface area contributed by atoms with Crippen molar-refractivity contribution < 1.29 is 9.84 Å². The molecule has 0 saturated heterocycles. The number of hydrogen-bond donors (Lipinski definition) is 2. The lowest BCUT2D eigenvalue weighted by Crippen LogP contribution is -2.23. The van der Waals surface area contributed by atoms with E-state index < -0.39 is 5.60 Å². The molecule has 0 amide bonds. The van der Waals surface area contributed by atoms with Crippen LogP contribution in [0.2, 0.25) is 0 Å². The molecule has 0 unspecified atom stereocenters. The van der Waals surface area contributed by atoms with Gasteiger partial charge in [-0.2, -0.15) is 0 Å². The van der Waals surface area contributed by atoms with Gasteiger partial charge in [0.05, 0.1) is 12.2 Å². The molecule has 0 aliphatic heterocycles. The Morgan fingerprint density at radius 1 is 1.47 bits per heavy atom. The van der Waals surface area contributed by atoms with Gasteiger partial charge in [-0.15, -0.1) is 0 Å². The normalized spacial score (nSPS) is 12.0. The van der Waals surface area contributed by atoms with Crippen LogP contribution < -0.4 is 5.32 Å². The molecule has 1 aromatic heterocycles. The number of aryl methyl sites for hydroxylation is 1. The molecule has 0 fully saturated rings. The third-order valence-corrected chi connectivity index (χ3v) is 2.68. The van der Waals surface area contributed by atoms with Crippen molar-refractivity contribution in [3.63, 3.8) is 0 Å². The molecule has 0 radical (unpaired) electrons. The second kappa shape index (κ2) is 6.79. The summed E-state index contributed by atoms with van der Waals surface area (Å²) in [5.74, 6) is 0. The van der Waals surface area contributed by atoms with Gasteiger partial charge in [-0.3, -0.25) is 0 Å². The molecule has 17 heavy (non-hydrogen) atoms. The minimum absolute atomic E-state index is 0.606. The van der Waals surface area contributed by atoms with Gasteiger partial charge in [0.1, 0.15) is 0 Å². The van der Waals surface area contributed by atoms with Crippen molar-refractivity contribution in [3.05, 3.63) is 24.0 Å². The van der Waals surface area contributed by atoms with Gasteiger partial charge in [0.15, 0.2) is 0 Å². The van der Waals surface area contributed by atoms with Gasteiger partial charge in [0, 0.05) is 38.6 Å². The molecule has 1 aromatic rings. The first-order valence-corrected chi connectivity index (χ1v) is 6.09. The lowest BCUT2D eigenvalue weighted by Gasteiger charge is -2.18. The molecule has 1 rings (SSSR count). The first-order valence-electron chi connectivity index (χ1n) is 6.09. The molecule has 0 aliphatic rings. The predicted octanol–water partition coefficient (Wildman–Crippen LogP) is 1.39. The Balaban J connectivity index is 2.37. The van der Waals surface area contributed by atoms with E-state index in [0.29, 0.717) is 0 Å². The lowest BCUT2D eigenvalue weighted by atomic mass is 10.1. The zero-order valence-corrected chi connectivity index (χ0v) is 11.1. The highest BCUT2D eigenvalue weighted by Gasteiger charge is 2.12. The highest BCUT2D eigenvalue weighted by Crippen LogP contribution is 2.11. The van der Waals surface area contributed by atoms with Gasteiger partial charge < -0.3 is 19.7 Å². The highest BCUT2D eigenvalue weighted by atomic mass is 16.5.